The highest BCUT2D eigenvalue weighted by molar-refractivity contribution is 6.02. The summed E-state index contributed by atoms with van der Waals surface area (Å²) in [5.41, 5.74) is 1.10. The Morgan fingerprint density at radius 3 is 2.43 bits per heavy atom. The molecule has 0 aliphatic rings. The minimum atomic E-state index is 0.104. The fourth-order valence-corrected chi connectivity index (χ4v) is 2.17. The van der Waals surface area contributed by atoms with Crippen molar-refractivity contribution in [3.8, 4) is 11.5 Å². The molecule has 0 saturated heterocycles. The summed E-state index contributed by atoms with van der Waals surface area (Å²) in [5.74, 6) is 0.755. The number of ether oxygens (including phenoxy) is 1. The van der Waals surface area contributed by atoms with E-state index in [9.17, 15) is 5.11 Å². The summed E-state index contributed by atoms with van der Waals surface area (Å²) >= 11 is 0. The molecular formula is C17H27NO3. The van der Waals surface area contributed by atoms with E-state index in [0.717, 1.165) is 38.5 Å². The molecule has 0 unspecified atom stereocenters. The van der Waals surface area contributed by atoms with Crippen LogP contribution < -0.4 is 4.74 Å². The fraction of sp³-hybridized carbons (Fsp3) is 0.588. The fourth-order valence-electron chi connectivity index (χ4n) is 2.17. The molecular weight excluding hydrogens is 266 g/mol. The highest BCUT2D eigenvalue weighted by atomic mass is 16.5. The summed E-state index contributed by atoms with van der Waals surface area (Å²) in [6, 6.07) is 5.16. The molecule has 0 radical (unpaired) electrons. The van der Waals surface area contributed by atoms with Crippen molar-refractivity contribution < 1.29 is 15.1 Å². The first-order chi connectivity index (χ1) is 10.2. The molecule has 0 aromatic heterocycles. The molecule has 0 atom stereocenters. The minimum absolute atomic E-state index is 0.104. The second-order valence-electron chi connectivity index (χ2n) is 5.24. The van der Waals surface area contributed by atoms with Crippen LogP contribution in [0.3, 0.4) is 0 Å². The zero-order valence-electron chi connectivity index (χ0n) is 13.1. The van der Waals surface area contributed by atoms with E-state index >= 15 is 0 Å². The Bertz CT molecular complexity index is 444. The Hall–Kier alpha value is -1.71. The van der Waals surface area contributed by atoms with E-state index in [0.29, 0.717) is 30.1 Å². The van der Waals surface area contributed by atoms with Gasteiger partial charge in [0.1, 0.15) is 11.5 Å². The first-order valence-electron chi connectivity index (χ1n) is 7.90. The number of oxime groups is 1. The Morgan fingerprint density at radius 1 is 1.10 bits per heavy atom. The lowest BCUT2D eigenvalue weighted by molar-refractivity contribution is 0.304. The van der Waals surface area contributed by atoms with Gasteiger partial charge >= 0.3 is 0 Å². The van der Waals surface area contributed by atoms with Gasteiger partial charge in [-0.1, -0.05) is 44.7 Å². The molecule has 0 aliphatic heterocycles. The van der Waals surface area contributed by atoms with Crippen molar-refractivity contribution in [1.29, 1.82) is 0 Å². The van der Waals surface area contributed by atoms with Crippen LogP contribution in [-0.4, -0.2) is 22.6 Å². The highest BCUT2D eigenvalue weighted by Gasteiger charge is 2.11. The molecule has 4 nitrogen and oxygen atoms in total. The van der Waals surface area contributed by atoms with E-state index in [1.54, 1.807) is 12.1 Å². The molecule has 0 amide bonds. The second kappa shape index (κ2) is 10.1. The summed E-state index contributed by atoms with van der Waals surface area (Å²) in [6.45, 7) is 4.93. The van der Waals surface area contributed by atoms with Gasteiger partial charge in [0.15, 0.2) is 0 Å². The quantitative estimate of drug-likeness (QED) is 0.284. The van der Waals surface area contributed by atoms with E-state index < -0.39 is 0 Å². The van der Waals surface area contributed by atoms with Crippen LogP contribution in [0.25, 0.3) is 0 Å². The van der Waals surface area contributed by atoms with Gasteiger partial charge in [-0.15, -0.1) is 0 Å². The summed E-state index contributed by atoms with van der Waals surface area (Å²) in [5, 5.41) is 22.5. The van der Waals surface area contributed by atoms with Gasteiger partial charge in [0.05, 0.1) is 12.3 Å². The molecule has 0 bridgehead atoms. The average Bonchev–Trinajstić information content (AvgIpc) is 2.49. The second-order valence-corrected chi connectivity index (χ2v) is 5.24. The number of hydrogen-bond donors (Lipinski definition) is 2. The third kappa shape index (κ3) is 6.06. The van der Waals surface area contributed by atoms with Gasteiger partial charge < -0.3 is 15.1 Å². The summed E-state index contributed by atoms with van der Waals surface area (Å²) < 4.78 is 5.59. The van der Waals surface area contributed by atoms with Crippen LogP contribution in [0.15, 0.2) is 23.4 Å². The SMILES string of the molecule is CCCCCOc1ccc(/C(CCCCC)=N/O)c(O)c1. The number of benzene rings is 1. The van der Waals surface area contributed by atoms with E-state index in [2.05, 4.69) is 19.0 Å². The highest BCUT2D eigenvalue weighted by Crippen LogP contribution is 2.26. The number of unbranched alkanes of at least 4 members (excludes halogenated alkanes) is 4. The van der Waals surface area contributed by atoms with Gasteiger partial charge in [-0.25, -0.2) is 0 Å². The minimum Gasteiger partial charge on any atom is -0.507 e. The van der Waals surface area contributed by atoms with Crippen LogP contribution in [0.5, 0.6) is 11.5 Å². The van der Waals surface area contributed by atoms with E-state index in [4.69, 9.17) is 9.94 Å². The molecule has 0 spiro atoms. The van der Waals surface area contributed by atoms with Crippen molar-refractivity contribution in [2.24, 2.45) is 5.16 Å². The number of aromatic hydroxyl groups is 1. The molecule has 2 N–H and O–H groups in total. The van der Waals surface area contributed by atoms with Crippen LogP contribution in [0.4, 0.5) is 0 Å². The van der Waals surface area contributed by atoms with Crippen LogP contribution >= 0.6 is 0 Å². The molecule has 0 heterocycles. The molecule has 0 saturated carbocycles. The molecule has 1 rings (SSSR count). The predicted molar refractivity (Wildman–Crippen MR) is 85.6 cm³/mol. The van der Waals surface area contributed by atoms with Crippen molar-refractivity contribution in [3.63, 3.8) is 0 Å². The molecule has 4 heteroatoms. The average molecular weight is 293 g/mol. The number of hydrogen-bond acceptors (Lipinski definition) is 4. The Labute approximate surface area is 127 Å². The van der Waals surface area contributed by atoms with Crippen molar-refractivity contribution in [2.45, 2.75) is 58.8 Å². The number of phenolic OH excluding ortho intramolecular Hbond substituents is 1. The molecule has 1 aromatic carbocycles. The lowest BCUT2D eigenvalue weighted by atomic mass is 10.0. The zero-order chi connectivity index (χ0) is 15.5. The van der Waals surface area contributed by atoms with Crippen molar-refractivity contribution in [3.05, 3.63) is 23.8 Å². The molecule has 118 valence electrons. The maximum Gasteiger partial charge on any atom is 0.128 e. The first-order valence-corrected chi connectivity index (χ1v) is 7.90. The van der Waals surface area contributed by atoms with E-state index in [1.165, 1.54) is 0 Å². The summed E-state index contributed by atoms with van der Waals surface area (Å²) in [4.78, 5) is 0. The van der Waals surface area contributed by atoms with Crippen molar-refractivity contribution >= 4 is 5.71 Å². The van der Waals surface area contributed by atoms with Gasteiger partial charge in [-0.2, -0.15) is 0 Å². The molecule has 1 aromatic rings. The van der Waals surface area contributed by atoms with Crippen molar-refractivity contribution in [2.75, 3.05) is 6.61 Å². The van der Waals surface area contributed by atoms with Crippen molar-refractivity contribution in [1.82, 2.24) is 0 Å². The molecule has 0 aliphatic carbocycles. The first kappa shape index (κ1) is 17.3. The van der Waals surface area contributed by atoms with E-state index in [1.807, 2.05) is 6.07 Å². The maximum atomic E-state index is 10.1. The monoisotopic (exact) mass is 293 g/mol. The third-order valence-electron chi connectivity index (χ3n) is 3.43. The van der Waals surface area contributed by atoms with Gasteiger partial charge in [0.2, 0.25) is 0 Å². The predicted octanol–water partition coefficient (Wildman–Crippen LogP) is 4.72. The summed E-state index contributed by atoms with van der Waals surface area (Å²) in [7, 11) is 0. The lowest BCUT2D eigenvalue weighted by Gasteiger charge is -2.10. The topological polar surface area (TPSA) is 62.0 Å². The van der Waals surface area contributed by atoms with Gasteiger partial charge in [-0.3, -0.25) is 0 Å². The summed E-state index contributed by atoms with van der Waals surface area (Å²) in [6.07, 6.45) is 7.11. The smallest absolute Gasteiger partial charge is 0.128 e. The zero-order valence-corrected chi connectivity index (χ0v) is 13.1. The number of phenols is 1. The Kier molecular flexibility index (Phi) is 8.32. The molecule has 0 fully saturated rings. The standard InChI is InChI=1S/C17H27NO3/c1-3-5-7-9-16(18-20)15-11-10-14(13-17(15)19)21-12-8-6-4-2/h10-11,13,19-20H,3-9,12H2,1-2H3/b18-16+. The largest absolute Gasteiger partial charge is 0.507 e. The number of nitrogens with zero attached hydrogens (tertiary/aromatic N) is 1. The van der Waals surface area contributed by atoms with Crippen LogP contribution in [0, 0.1) is 0 Å². The van der Waals surface area contributed by atoms with Gasteiger partial charge in [0, 0.05) is 11.6 Å². The Balaban J connectivity index is 2.63. The van der Waals surface area contributed by atoms with E-state index in [-0.39, 0.29) is 5.75 Å². The third-order valence-corrected chi connectivity index (χ3v) is 3.43. The Morgan fingerprint density at radius 2 is 1.81 bits per heavy atom. The lowest BCUT2D eigenvalue weighted by Crippen LogP contribution is -2.03. The number of rotatable bonds is 10. The van der Waals surface area contributed by atoms with Crippen LogP contribution in [-0.2, 0) is 0 Å². The van der Waals surface area contributed by atoms with Gasteiger partial charge in [-0.05, 0) is 31.4 Å². The van der Waals surface area contributed by atoms with Crippen LogP contribution in [0.2, 0.25) is 0 Å². The van der Waals surface area contributed by atoms with Crippen LogP contribution in [0.1, 0.15) is 64.4 Å². The van der Waals surface area contributed by atoms with Gasteiger partial charge in [0.25, 0.3) is 0 Å². The maximum absolute atomic E-state index is 10.1. The molecule has 21 heavy (non-hydrogen) atoms. The normalized spacial score (nSPS) is 11.6.